The molecule has 0 radical (unpaired) electrons. The van der Waals surface area contributed by atoms with Gasteiger partial charge >= 0.3 is 0 Å². The number of hydrogen-bond acceptors (Lipinski definition) is 2. The Kier molecular flexibility index (Phi) is 2.84. The third-order valence-corrected chi connectivity index (χ3v) is 2.67. The summed E-state index contributed by atoms with van der Waals surface area (Å²) in [4.78, 5) is 2.76. The van der Waals surface area contributed by atoms with Crippen LogP contribution in [0.25, 0.3) is 10.9 Å². The van der Waals surface area contributed by atoms with E-state index in [0.29, 0.717) is 5.52 Å². The number of benzene rings is 1. The van der Waals surface area contributed by atoms with Gasteiger partial charge in [0.25, 0.3) is 10.1 Å². The maximum absolute atomic E-state index is 10.7. The topological polar surface area (TPSA) is 70.2 Å². The molecule has 0 aliphatic heterocycles. The van der Waals surface area contributed by atoms with Crippen LogP contribution in [0.1, 0.15) is 0 Å². The van der Waals surface area contributed by atoms with Crippen molar-refractivity contribution in [3.63, 3.8) is 0 Å². The van der Waals surface area contributed by atoms with Crippen molar-refractivity contribution in [3.05, 3.63) is 30.5 Å². The van der Waals surface area contributed by atoms with Crippen molar-refractivity contribution in [3.8, 4) is 0 Å². The van der Waals surface area contributed by atoms with Gasteiger partial charge in [0, 0.05) is 11.7 Å². The molecule has 0 saturated carbocycles. The van der Waals surface area contributed by atoms with E-state index in [2.05, 4.69) is 4.98 Å². The van der Waals surface area contributed by atoms with Crippen molar-refractivity contribution in [2.24, 2.45) is 0 Å². The molecule has 4 nitrogen and oxygen atoms in total. The van der Waals surface area contributed by atoms with E-state index in [1.807, 2.05) is 6.07 Å². The van der Waals surface area contributed by atoms with Crippen LogP contribution >= 0.6 is 12.4 Å². The van der Waals surface area contributed by atoms with E-state index in [1.165, 1.54) is 12.1 Å². The summed E-state index contributed by atoms with van der Waals surface area (Å²) in [5, 5.41) is 0.910. The van der Waals surface area contributed by atoms with Gasteiger partial charge in [0.1, 0.15) is 0 Å². The predicted octanol–water partition coefficient (Wildman–Crippen LogP) is 1.84. The van der Waals surface area contributed by atoms with Crippen LogP contribution in [-0.2, 0) is 10.1 Å². The molecular weight excluding hydrogens is 226 g/mol. The summed E-state index contributed by atoms with van der Waals surface area (Å²) >= 11 is 0. The molecule has 0 saturated heterocycles. The van der Waals surface area contributed by atoms with Crippen molar-refractivity contribution >= 4 is 33.4 Å². The zero-order valence-electron chi connectivity index (χ0n) is 6.97. The van der Waals surface area contributed by atoms with Crippen LogP contribution in [0.15, 0.2) is 35.4 Å². The minimum absolute atomic E-state index is 0. The van der Waals surface area contributed by atoms with Crippen LogP contribution in [0.5, 0.6) is 0 Å². The number of H-pyrrole nitrogens is 1. The van der Waals surface area contributed by atoms with Crippen LogP contribution in [0.3, 0.4) is 0 Å². The molecule has 0 fully saturated rings. The first kappa shape index (κ1) is 11.0. The average Bonchev–Trinajstić information content (AvgIpc) is 2.47. The number of fused-ring (bicyclic) bond motifs is 1. The van der Waals surface area contributed by atoms with E-state index < -0.39 is 10.1 Å². The van der Waals surface area contributed by atoms with Crippen LogP contribution in [-0.4, -0.2) is 18.0 Å². The summed E-state index contributed by atoms with van der Waals surface area (Å²) < 4.78 is 30.2. The zero-order chi connectivity index (χ0) is 9.47. The van der Waals surface area contributed by atoms with Gasteiger partial charge in [0.2, 0.25) is 0 Å². The molecule has 14 heavy (non-hydrogen) atoms. The van der Waals surface area contributed by atoms with Crippen molar-refractivity contribution in [1.82, 2.24) is 4.98 Å². The molecule has 1 aromatic heterocycles. The summed E-state index contributed by atoms with van der Waals surface area (Å²) in [6, 6.07) is 6.22. The Morgan fingerprint density at radius 3 is 2.57 bits per heavy atom. The second-order valence-electron chi connectivity index (χ2n) is 2.70. The van der Waals surface area contributed by atoms with Crippen molar-refractivity contribution in [2.45, 2.75) is 4.90 Å². The smallest absolute Gasteiger partial charge is 0.294 e. The number of rotatable bonds is 1. The Balaban J connectivity index is 0.000000980. The fourth-order valence-electron chi connectivity index (χ4n) is 1.19. The lowest BCUT2D eigenvalue weighted by Crippen LogP contribution is -1.96. The van der Waals surface area contributed by atoms with Crippen LogP contribution < -0.4 is 0 Å². The molecule has 2 rings (SSSR count). The maximum atomic E-state index is 10.7. The molecule has 2 N–H and O–H groups in total. The van der Waals surface area contributed by atoms with Crippen molar-refractivity contribution < 1.29 is 13.0 Å². The summed E-state index contributed by atoms with van der Waals surface area (Å²) in [6.45, 7) is 0. The Hall–Kier alpha value is -1.04. The van der Waals surface area contributed by atoms with E-state index in [-0.39, 0.29) is 17.3 Å². The summed E-state index contributed by atoms with van der Waals surface area (Å²) in [5.41, 5.74) is 0.690. The van der Waals surface area contributed by atoms with E-state index in [9.17, 15) is 8.42 Å². The molecule has 0 unspecified atom stereocenters. The Labute approximate surface area is 87.1 Å². The van der Waals surface area contributed by atoms with Gasteiger partial charge < -0.3 is 4.98 Å². The lowest BCUT2D eigenvalue weighted by Gasteiger charge is -1.95. The highest BCUT2D eigenvalue weighted by Gasteiger charge is 2.09. The Morgan fingerprint density at radius 1 is 1.21 bits per heavy atom. The molecule has 2 aromatic rings. The lowest BCUT2D eigenvalue weighted by atomic mass is 10.2. The van der Waals surface area contributed by atoms with Gasteiger partial charge in [-0.15, -0.1) is 12.4 Å². The fourth-order valence-corrected chi connectivity index (χ4v) is 1.69. The van der Waals surface area contributed by atoms with Crippen LogP contribution in [0.2, 0.25) is 0 Å². The minimum Gasteiger partial charge on any atom is -0.361 e. The van der Waals surface area contributed by atoms with Crippen LogP contribution in [0, 0.1) is 0 Å². The largest absolute Gasteiger partial charge is 0.361 e. The second kappa shape index (κ2) is 3.61. The molecule has 0 spiro atoms. The van der Waals surface area contributed by atoms with Crippen LogP contribution in [0.4, 0.5) is 0 Å². The molecule has 0 aliphatic carbocycles. The highest BCUT2D eigenvalue weighted by Crippen LogP contribution is 2.17. The van der Waals surface area contributed by atoms with E-state index in [1.54, 1.807) is 12.3 Å². The summed E-state index contributed by atoms with van der Waals surface area (Å²) in [5.74, 6) is 0. The molecule has 0 amide bonds. The van der Waals surface area contributed by atoms with E-state index in [0.717, 1.165) is 5.39 Å². The van der Waals surface area contributed by atoms with Gasteiger partial charge in [-0.1, -0.05) is 6.07 Å². The first-order valence-corrected chi connectivity index (χ1v) is 5.06. The molecule has 6 heteroatoms. The van der Waals surface area contributed by atoms with Gasteiger partial charge in [-0.3, -0.25) is 4.55 Å². The van der Waals surface area contributed by atoms with Gasteiger partial charge in [0.05, 0.1) is 4.90 Å². The zero-order valence-corrected chi connectivity index (χ0v) is 8.60. The van der Waals surface area contributed by atoms with E-state index in [4.69, 9.17) is 4.55 Å². The van der Waals surface area contributed by atoms with Gasteiger partial charge in [-0.05, 0) is 23.6 Å². The predicted molar refractivity (Wildman–Crippen MR) is 55.4 cm³/mol. The molecule has 0 bridgehead atoms. The first-order chi connectivity index (χ1) is 6.07. The van der Waals surface area contributed by atoms with Crippen molar-refractivity contribution in [2.75, 3.05) is 0 Å². The average molecular weight is 234 g/mol. The molecule has 76 valence electrons. The second-order valence-corrected chi connectivity index (χ2v) is 4.12. The number of aromatic amines is 1. The highest BCUT2D eigenvalue weighted by molar-refractivity contribution is 7.85. The monoisotopic (exact) mass is 233 g/mol. The summed E-state index contributed by atoms with van der Waals surface area (Å²) in [6.07, 6.45) is 1.71. The van der Waals surface area contributed by atoms with Gasteiger partial charge in [0.15, 0.2) is 0 Å². The maximum Gasteiger partial charge on any atom is 0.294 e. The Morgan fingerprint density at radius 2 is 1.93 bits per heavy atom. The number of hydrogen-bond donors (Lipinski definition) is 2. The fraction of sp³-hybridized carbons (Fsp3) is 0. The molecule has 1 aromatic carbocycles. The lowest BCUT2D eigenvalue weighted by molar-refractivity contribution is 0.483. The first-order valence-electron chi connectivity index (χ1n) is 3.62. The van der Waals surface area contributed by atoms with E-state index >= 15 is 0 Å². The SMILES string of the molecule is Cl.O=S(=O)(O)c1ccc2cc[nH]c2c1. The highest BCUT2D eigenvalue weighted by atomic mass is 35.5. The van der Waals surface area contributed by atoms with Gasteiger partial charge in [-0.25, -0.2) is 0 Å². The number of nitrogens with one attached hydrogen (secondary N) is 1. The number of halogens is 1. The molecular formula is C8H8ClNO3S. The molecule has 0 atom stereocenters. The molecule has 0 aliphatic rings. The third-order valence-electron chi connectivity index (χ3n) is 1.82. The summed E-state index contributed by atoms with van der Waals surface area (Å²) in [7, 11) is -4.09. The molecule has 1 heterocycles. The Bertz CT molecular complexity index is 546. The quantitative estimate of drug-likeness (QED) is 0.739. The third kappa shape index (κ3) is 1.89. The van der Waals surface area contributed by atoms with Gasteiger partial charge in [-0.2, -0.15) is 8.42 Å². The normalized spacial score (nSPS) is 11.2. The standard InChI is InChI=1S/C8H7NO3S.ClH/c10-13(11,12)7-2-1-6-3-4-9-8(6)5-7;/h1-5,9H,(H,10,11,12);1H. The number of aromatic nitrogens is 1. The van der Waals surface area contributed by atoms with Crippen molar-refractivity contribution in [1.29, 1.82) is 0 Å². The minimum atomic E-state index is -4.09.